The fourth-order valence-electron chi connectivity index (χ4n) is 2.99. The summed E-state index contributed by atoms with van der Waals surface area (Å²) < 4.78 is 15.2. The van der Waals surface area contributed by atoms with Crippen LogP contribution in [0, 0.1) is 5.82 Å². The molecule has 1 aromatic carbocycles. The number of anilines is 3. The highest BCUT2D eigenvalue weighted by atomic mass is 35.5. The summed E-state index contributed by atoms with van der Waals surface area (Å²) in [5.41, 5.74) is 11.0. The zero-order valence-electron chi connectivity index (χ0n) is 15.3. The minimum atomic E-state index is -0.654. The summed E-state index contributed by atoms with van der Waals surface area (Å²) in [5, 5.41) is 9.67. The molecule has 0 amide bonds. The first-order valence-corrected chi connectivity index (χ1v) is 9.28. The lowest BCUT2D eigenvalue weighted by molar-refractivity contribution is 0.628. The Morgan fingerprint density at radius 2 is 2.00 bits per heavy atom. The van der Waals surface area contributed by atoms with Crippen LogP contribution in [0.1, 0.15) is 18.8 Å². The van der Waals surface area contributed by atoms with Crippen LogP contribution < -0.4 is 22.3 Å². The number of aromatic amines is 1. The number of hydrogen-bond donors (Lipinski definition) is 4. The van der Waals surface area contributed by atoms with Crippen molar-refractivity contribution in [3.63, 3.8) is 0 Å². The molecule has 3 aromatic heterocycles. The van der Waals surface area contributed by atoms with Gasteiger partial charge in [0.15, 0.2) is 5.82 Å². The lowest BCUT2D eigenvalue weighted by atomic mass is 10.2. The van der Waals surface area contributed by atoms with E-state index in [-0.39, 0.29) is 44.4 Å². The molecule has 4 aromatic rings. The molecule has 0 spiro atoms. The molecule has 10 nitrogen and oxygen atoms in total. The molecule has 0 aliphatic rings. The second-order valence-corrected chi connectivity index (χ2v) is 7.12. The van der Waals surface area contributed by atoms with Gasteiger partial charge >= 0.3 is 0 Å². The molecule has 154 valence electrons. The van der Waals surface area contributed by atoms with E-state index in [1.54, 1.807) is 13.0 Å². The number of rotatable bonds is 4. The second kappa shape index (κ2) is 7.43. The number of nitrogen functional groups attached to an aromatic ring is 2. The molecule has 30 heavy (non-hydrogen) atoms. The van der Waals surface area contributed by atoms with E-state index in [1.807, 2.05) is 0 Å². The number of halogens is 3. The number of aromatic nitrogens is 6. The van der Waals surface area contributed by atoms with Gasteiger partial charge in [-0.3, -0.25) is 9.89 Å². The van der Waals surface area contributed by atoms with Crippen LogP contribution in [0.15, 0.2) is 29.2 Å². The molecule has 0 aliphatic carbocycles. The van der Waals surface area contributed by atoms with E-state index in [1.165, 1.54) is 10.8 Å². The molecule has 0 saturated heterocycles. The zero-order valence-corrected chi connectivity index (χ0v) is 16.8. The summed E-state index contributed by atoms with van der Waals surface area (Å²) in [6.07, 6.45) is 1.48. The Hall–Kier alpha value is -3.44. The molecular weight excluding hydrogens is 436 g/mol. The molecule has 0 bridgehead atoms. The van der Waals surface area contributed by atoms with Crippen LogP contribution in [-0.2, 0) is 0 Å². The predicted molar refractivity (Wildman–Crippen MR) is 112 cm³/mol. The van der Waals surface area contributed by atoms with Gasteiger partial charge < -0.3 is 16.8 Å². The summed E-state index contributed by atoms with van der Waals surface area (Å²) >= 11 is 12.3. The van der Waals surface area contributed by atoms with Crippen LogP contribution in [-0.4, -0.2) is 29.7 Å². The van der Waals surface area contributed by atoms with Crippen molar-refractivity contribution in [2.75, 3.05) is 16.8 Å². The van der Waals surface area contributed by atoms with E-state index < -0.39 is 17.4 Å². The summed E-state index contributed by atoms with van der Waals surface area (Å²) in [6, 6.07) is 3.11. The van der Waals surface area contributed by atoms with Crippen LogP contribution in [0.3, 0.4) is 0 Å². The van der Waals surface area contributed by atoms with Crippen LogP contribution in [0.2, 0.25) is 10.0 Å². The third-order valence-electron chi connectivity index (χ3n) is 4.28. The minimum absolute atomic E-state index is 0.00912. The van der Waals surface area contributed by atoms with Gasteiger partial charge in [0.05, 0.1) is 28.2 Å². The molecule has 13 heteroatoms. The first kappa shape index (κ1) is 19.9. The third kappa shape index (κ3) is 3.37. The molecule has 0 radical (unpaired) electrons. The van der Waals surface area contributed by atoms with Crippen molar-refractivity contribution in [3.8, 4) is 5.82 Å². The number of nitrogens with zero attached hydrogens (tertiary/aromatic N) is 5. The Balaban J connectivity index is 1.93. The monoisotopic (exact) mass is 449 g/mol. The van der Waals surface area contributed by atoms with Crippen molar-refractivity contribution in [3.05, 3.63) is 56.4 Å². The second-order valence-electron chi connectivity index (χ2n) is 6.33. The molecule has 1 unspecified atom stereocenters. The maximum absolute atomic E-state index is 13.9. The molecule has 0 saturated carbocycles. The van der Waals surface area contributed by atoms with E-state index in [2.05, 4.69) is 30.5 Å². The molecule has 3 heterocycles. The predicted octanol–water partition coefficient (Wildman–Crippen LogP) is 2.68. The molecular formula is C17H14Cl2FN9O. The van der Waals surface area contributed by atoms with Crippen molar-refractivity contribution in [2.24, 2.45) is 0 Å². The van der Waals surface area contributed by atoms with Gasteiger partial charge in [0.25, 0.3) is 5.56 Å². The highest BCUT2D eigenvalue weighted by Crippen LogP contribution is 2.29. The minimum Gasteiger partial charge on any atom is -0.382 e. The number of nitrogens with one attached hydrogen (secondary N) is 2. The van der Waals surface area contributed by atoms with Crippen LogP contribution in [0.5, 0.6) is 0 Å². The molecule has 0 fully saturated rings. The Morgan fingerprint density at radius 1 is 1.23 bits per heavy atom. The number of nitrogens with two attached hydrogens (primary N) is 2. The van der Waals surface area contributed by atoms with Gasteiger partial charge in [-0.1, -0.05) is 23.2 Å². The summed E-state index contributed by atoms with van der Waals surface area (Å²) in [4.78, 5) is 25.5. The van der Waals surface area contributed by atoms with Crippen LogP contribution in [0.4, 0.5) is 22.0 Å². The Kier molecular flexibility index (Phi) is 4.92. The van der Waals surface area contributed by atoms with E-state index in [9.17, 15) is 9.18 Å². The average Bonchev–Trinajstić information content (AvgIpc) is 3.18. The number of fused-ring (bicyclic) bond motifs is 1. The van der Waals surface area contributed by atoms with Crippen molar-refractivity contribution < 1.29 is 4.39 Å². The molecule has 4 rings (SSSR count). The Bertz CT molecular complexity index is 1320. The molecule has 6 N–H and O–H groups in total. The van der Waals surface area contributed by atoms with E-state index >= 15 is 0 Å². The summed E-state index contributed by atoms with van der Waals surface area (Å²) in [6.45, 7) is 1.70. The normalized spacial score (nSPS) is 12.3. The first-order valence-electron chi connectivity index (χ1n) is 8.52. The van der Waals surface area contributed by atoms with E-state index in [0.29, 0.717) is 5.82 Å². The van der Waals surface area contributed by atoms with Gasteiger partial charge in [-0.2, -0.15) is 15.1 Å². The van der Waals surface area contributed by atoms with Gasteiger partial charge in [-0.15, -0.1) is 0 Å². The molecule has 0 aliphatic heterocycles. The summed E-state index contributed by atoms with van der Waals surface area (Å²) in [5.74, 6) is -0.0129. The highest BCUT2D eigenvalue weighted by Gasteiger charge is 2.22. The quantitative estimate of drug-likeness (QED) is 0.370. The molecule has 1 atom stereocenters. The van der Waals surface area contributed by atoms with Crippen molar-refractivity contribution in [1.82, 2.24) is 29.7 Å². The van der Waals surface area contributed by atoms with Gasteiger partial charge in [0.2, 0.25) is 5.95 Å². The third-order valence-corrected chi connectivity index (χ3v) is 4.95. The highest BCUT2D eigenvalue weighted by molar-refractivity contribution is 6.35. The zero-order chi connectivity index (χ0) is 21.6. The topological polar surface area (TPSA) is 153 Å². The fraction of sp³-hybridized carbons (Fsp3) is 0.118. The fourth-order valence-corrected chi connectivity index (χ4v) is 3.41. The largest absolute Gasteiger partial charge is 0.382 e. The van der Waals surface area contributed by atoms with Crippen LogP contribution in [0.25, 0.3) is 16.7 Å². The van der Waals surface area contributed by atoms with Gasteiger partial charge in [-0.25, -0.2) is 13.9 Å². The van der Waals surface area contributed by atoms with Crippen molar-refractivity contribution >= 4 is 51.7 Å². The first-order chi connectivity index (χ1) is 14.3. The van der Waals surface area contributed by atoms with E-state index in [0.717, 1.165) is 12.1 Å². The van der Waals surface area contributed by atoms with Crippen molar-refractivity contribution in [2.45, 2.75) is 13.0 Å². The standard InChI is InChI=1S/C17H14Cl2FN9O/c1-6(24-14-12(19)13(21)26-17(22)27-14)15-25-9-5-7(20)4-8(18)11(9)16(30)29(15)10-2-3-23-28-10/h2-6H,1H3,(H,23,28)(H5,21,22,24,26,27). The van der Waals surface area contributed by atoms with Crippen LogP contribution >= 0.6 is 23.2 Å². The van der Waals surface area contributed by atoms with Gasteiger partial charge in [0.1, 0.15) is 28.3 Å². The van der Waals surface area contributed by atoms with Gasteiger partial charge in [-0.05, 0) is 13.0 Å². The smallest absolute Gasteiger partial charge is 0.268 e. The number of benzene rings is 1. The lowest BCUT2D eigenvalue weighted by Crippen LogP contribution is -2.28. The number of H-pyrrole nitrogens is 1. The van der Waals surface area contributed by atoms with Crippen molar-refractivity contribution in [1.29, 1.82) is 0 Å². The Morgan fingerprint density at radius 3 is 2.70 bits per heavy atom. The summed E-state index contributed by atoms with van der Waals surface area (Å²) in [7, 11) is 0. The maximum Gasteiger partial charge on any atom is 0.268 e. The Labute approximate surface area is 178 Å². The SMILES string of the molecule is CC(Nc1nc(N)nc(N)c1Cl)c1nc2cc(F)cc(Cl)c2c(=O)n1-c1ccn[nH]1. The average molecular weight is 450 g/mol. The lowest BCUT2D eigenvalue weighted by Gasteiger charge is -2.20. The van der Waals surface area contributed by atoms with E-state index in [4.69, 9.17) is 34.7 Å². The maximum atomic E-state index is 13.9. The van der Waals surface area contributed by atoms with Gasteiger partial charge in [0, 0.05) is 12.1 Å². The number of hydrogen-bond acceptors (Lipinski definition) is 8.